The summed E-state index contributed by atoms with van der Waals surface area (Å²) in [5.41, 5.74) is 0. The quantitative estimate of drug-likeness (QED) is 0.198. The number of hydrogen-bond acceptors (Lipinski definition) is 10. The van der Waals surface area contributed by atoms with Gasteiger partial charge in [-0.1, -0.05) is 0 Å². The van der Waals surface area contributed by atoms with Crippen LogP contribution in [-0.4, -0.2) is 36.2 Å². The Morgan fingerprint density at radius 3 is 0.667 bits per heavy atom. The second-order valence-corrected chi connectivity index (χ2v) is 3.00. The molecule has 0 aliphatic carbocycles. The van der Waals surface area contributed by atoms with E-state index < -0.39 is 36.2 Å². The summed E-state index contributed by atoms with van der Waals surface area (Å²) in [6.07, 6.45) is -10.4. The van der Waals surface area contributed by atoms with Crippen molar-refractivity contribution < 1.29 is 105 Å². The monoisotopic (exact) mass is 632 g/mol. The van der Waals surface area contributed by atoms with Gasteiger partial charge in [-0.05, 0) is 13.8 Å². The van der Waals surface area contributed by atoms with Gasteiger partial charge in [-0.15, -0.1) is 0 Å². The largest absolute Gasteiger partial charge is 2.00 e. The summed E-state index contributed by atoms with van der Waals surface area (Å²) in [6, 6.07) is 3.50. The van der Waals surface area contributed by atoms with Gasteiger partial charge < -0.3 is 39.6 Å². The van der Waals surface area contributed by atoms with Crippen LogP contribution in [0, 0.1) is 22.7 Å². The van der Waals surface area contributed by atoms with E-state index in [0.29, 0.717) is 0 Å². The minimum absolute atomic E-state index is 0. The summed E-state index contributed by atoms with van der Waals surface area (Å²) in [4.78, 5) is 35.3. The van der Waals surface area contributed by atoms with E-state index in [9.17, 15) is 26.3 Å². The van der Waals surface area contributed by atoms with Crippen LogP contribution in [0.2, 0.25) is 0 Å². The molecule has 0 aliphatic heterocycles. The van der Waals surface area contributed by atoms with Crippen LogP contribution in [-0.2, 0) is 58.1 Å². The van der Waals surface area contributed by atoms with Gasteiger partial charge in [0, 0.05) is 25.8 Å². The number of alkyl halides is 6. The molecule has 0 unspecified atom stereocenters. The Balaban J connectivity index is -0.0000000330. The fourth-order valence-corrected chi connectivity index (χ4v) is 0. The van der Waals surface area contributed by atoms with Crippen LogP contribution in [0.15, 0.2) is 0 Å². The molecule has 0 heterocycles. The maximum Gasteiger partial charge on any atom is 2.00 e. The molecule has 0 aromatic rings. The summed E-state index contributed by atoms with van der Waals surface area (Å²) in [7, 11) is 0. The molecule has 0 saturated heterocycles. The van der Waals surface area contributed by atoms with Gasteiger partial charge in [0.05, 0.1) is 12.1 Å². The van der Waals surface area contributed by atoms with E-state index in [-0.39, 0.29) is 39.0 Å². The Hall–Kier alpha value is -2.31. The van der Waals surface area contributed by atoms with E-state index in [1.807, 2.05) is 0 Å². The van der Waals surface area contributed by atoms with Crippen molar-refractivity contribution in [2.24, 2.45) is 0 Å². The van der Waals surface area contributed by atoms with Gasteiger partial charge in [-0.3, -0.25) is 0 Å². The molecule has 0 N–H and O–H groups in total. The smallest absolute Gasteiger partial charge is 0.550 e. The summed E-state index contributed by atoms with van der Waals surface area (Å²) in [6.45, 7) is 4.81. The minimum Gasteiger partial charge on any atom is -0.550 e. The first-order valence-corrected chi connectivity index (χ1v) is 5.71. The van der Waals surface area contributed by atoms with Gasteiger partial charge in [-0.25, -0.2) is 0 Å². The molecule has 18 heteroatoms. The zero-order chi connectivity index (χ0) is 24.7. The van der Waals surface area contributed by atoms with Crippen LogP contribution in [0.25, 0.3) is 0 Å². The summed E-state index contributed by atoms with van der Waals surface area (Å²) in [5, 5.41) is 50.0. The van der Waals surface area contributed by atoms with E-state index in [0.717, 1.165) is 13.8 Å². The summed E-state index contributed by atoms with van der Waals surface area (Å²) >= 11 is 0. The van der Waals surface area contributed by atoms with Crippen LogP contribution in [0.3, 0.4) is 0 Å². The molecule has 0 atom stereocenters. The third-order valence-electron chi connectivity index (χ3n) is 0.463. The summed E-state index contributed by atoms with van der Waals surface area (Å²) in [5.74, 6) is -8.18. The molecule has 178 valence electrons. The molecule has 0 spiro atoms. The summed E-state index contributed by atoms with van der Waals surface area (Å²) < 4.78 is 63.1. The number of rotatable bonds is 0. The Bertz CT molecular complexity index is 487. The Morgan fingerprint density at radius 2 is 0.667 bits per heavy atom. The van der Waals surface area contributed by atoms with Crippen molar-refractivity contribution in [3.8, 4) is 12.1 Å². The van der Waals surface area contributed by atoms with Gasteiger partial charge in [0.1, 0.15) is 11.9 Å². The maximum atomic E-state index is 10.5. The van der Waals surface area contributed by atoms with Crippen LogP contribution in [0.1, 0.15) is 27.7 Å². The zero-order valence-corrected chi connectivity index (χ0v) is 18.4. The predicted octanol–water partition coefficient (Wildman–Crippen LogP) is -2.84. The molecular formula is C12H12F6N2O8Rh2. The van der Waals surface area contributed by atoms with Crippen molar-refractivity contribution in [3.05, 3.63) is 0 Å². The molecule has 0 aromatic carbocycles. The van der Waals surface area contributed by atoms with Crippen LogP contribution >= 0.6 is 0 Å². The van der Waals surface area contributed by atoms with Crippen LogP contribution < -0.4 is 20.4 Å². The SMILES string of the molecule is CC#N.CC#N.CC(=O)[O-].CC(=O)[O-].O=C([O-])C(F)(F)F.O=C([O-])C(F)(F)F.[Rh+2].[Rh+2]. The first kappa shape index (κ1) is 50.9. The Labute approximate surface area is 191 Å². The number of aliphatic carboxylic acids is 4. The number of hydrogen-bond donors (Lipinski definition) is 0. The molecule has 0 saturated carbocycles. The normalized spacial score (nSPS) is 7.47. The average molecular weight is 632 g/mol. The molecule has 10 nitrogen and oxygen atoms in total. The van der Waals surface area contributed by atoms with Gasteiger partial charge in [-0.2, -0.15) is 36.9 Å². The number of nitrogens with zero attached hydrogens (tertiary/aromatic N) is 2. The van der Waals surface area contributed by atoms with Gasteiger partial charge in [0.15, 0.2) is 0 Å². The van der Waals surface area contributed by atoms with Crippen LogP contribution in [0.5, 0.6) is 0 Å². The molecule has 0 rings (SSSR count). The third-order valence-corrected chi connectivity index (χ3v) is 0.463. The molecular weight excluding hydrogens is 620 g/mol. The molecule has 0 aromatic heterocycles. The predicted molar refractivity (Wildman–Crippen MR) is 66.1 cm³/mol. The Kier molecular flexibility index (Phi) is 53.2. The topological polar surface area (TPSA) is 208 Å². The third kappa shape index (κ3) is 167. The molecule has 2 radical (unpaired) electrons. The number of carbonyl (C=O) groups is 4. The van der Waals surface area contributed by atoms with E-state index in [2.05, 4.69) is 0 Å². The van der Waals surface area contributed by atoms with Crippen LogP contribution in [0.4, 0.5) is 26.3 Å². The van der Waals surface area contributed by atoms with Crippen molar-refractivity contribution in [3.63, 3.8) is 0 Å². The van der Waals surface area contributed by atoms with E-state index in [4.69, 9.17) is 50.1 Å². The fraction of sp³-hybridized carbons (Fsp3) is 0.500. The van der Waals surface area contributed by atoms with Crippen molar-refractivity contribution >= 4 is 23.9 Å². The number of carboxylic acid groups (broad SMARTS) is 4. The number of carbonyl (C=O) groups excluding carboxylic acids is 4. The van der Waals surface area contributed by atoms with Gasteiger partial charge >= 0.3 is 51.3 Å². The molecule has 0 amide bonds. The minimum atomic E-state index is -5.19. The Morgan fingerprint density at radius 1 is 0.633 bits per heavy atom. The second kappa shape index (κ2) is 31.4. The second-order valence-electron chi connectivity index (χ2n) is 3.00. The van der Waals surface area contributed by atoms with Gasteiger partial charge in [0.2, 0.25) is 0 Å². The van der Waals surface area contributed by atoms with E-state index in [1.165, 1.54) is 13.8 Å². The number of nitriles is 2. The average Bonchev–Trinajstić information content (AvgIpc) is 2.37. The zero-order valence-electron chi connectivity index (χ0n) is 15.1. The first-order valence-electron chi connectivity index (χ1n) is 5.71. The number of halogens is 6. The molecule has 30 heavy (non-hydrogen) atoms. The van der Waals surface area contributed by atoms with Crippen molar-refractivity contribution in [2.75, 3.05) is 0 Å². The van der Waals surface area contributed by atoms with Gasteiger partial charge in [0.25, 0.3) is 0 Å². The maximum absolute atomic E-state index is 10.5. The fourth-order valence-electron chi connectivity index (χ4n) is 0. The van der Waals surface area contributed by atoms with Crippen molar-refractivity contribution in [2.45, 2.75) is 40.0 Å². The number of carboxylic acids is 4. The van der Waals surface area contributed by atoms with Crippen molar-refractivity contribution in [1.29, 1.82) is 10.5 Å². The van der Waals surface area contributed by atoms with Crippen molar-refractivity contribution in [1.82, 2.24) is 0 Å². The first-order chi connectivity index (χ1) is 12.2. The standard InChI is InChI=1S/2C2HF3O2.2C2H3N.2C2H4O2.2Rh/c2*3-2(4,5)1(6)7;2*1-2-3;2*1-2(3)4;;/h2*(H,6,7);2*1H3;2*1H3,(H,3,4);;/q;;;;;;2*+2/p-4. The van der Waals surface area contributed by atoms with E-state index in [1.54, 1.807) is 12.1 Å². The van der Waals surface area contributed by atoms with E-state index >= 15 is 0 Å². The molecule has 0 fully saturated rings. The molecule has 0 aliphatic rings. The molecule has 0 bridgehead atoms.